The highest BCUT2D eigenvalue weighted by Crippen LogP contribution is 2.24. The number of amides is 1. The summed E-state index contributed by atoms with van der Waals surface area (Å²) < 4.78 is 4.71. The molecule has 1 fully saturated rings. The zero-order chi connectivity index (χ0) is 17.8. The minimum Gasteiger partial charge on any atom is -0.465 e. The first-order chi connectivity index (χ1) is 12.1. The molecule has 4 heteroatoms. The van der Waals surface area contributed by atoms with Crippen molar-refractivity contribution in [1.29, 1.82) is 0 Å². The Morgan fingerprint density at radius 2 is 1.60 bits per heavy atom. The Morgan fingerprint density at radius 1 is 1.00 bits per heavy atom. The molecule has 2 aromatic carbocycles. The van der Waals surface area contributed by atoms with E-state index < -0.39 is 0 Å². The standard InChI is InChI=1S/C21H21NO3/c1-14-3-7-16(8-4-14)19(20(23)22-18-11-12-18)13-15-5-9-17(10-6-15)21(24)25-2/h3-10,13,18H,11-12H2,1-2H3,(H,22,23)/b19-13+. The average Bonchev–Trinajstić information content (AvgIpc) is 3.44. The first kappa shape index (κ1) is 17.0. The zero-order valence-electron chi connectivity index (χ0n) is 14.4. The summed E-state index contributed by atoms with van der Waals surface area (Å²) in [7, 11) is 1.36. The van der Waals surface area contributed by atoms with E-state index in [0.717, 1.165) is 29.5 Å². The highest BCUT2D eigenvalue weighted by atomic mass is 16.5. The summed E-state index contributed by atoms with van der Waals surface area (Å²) in [4.78, 5) is 24.2. The first-order valence-electron chi connectivity index (χ1n) is 8.35. The third-order valence-corrected chi connectivity index (χ3v) is 4.16. The van der Waals surface area contributed by atoms with Crippen LogP contribution in [0.25, 0.3) is 11.6 Å². The molecule has 1 saturated carbocycles. The fourth-order valence-electron chi connectivity index (χ4n) is 2.50. The highest BCUT2D eigenvalue weighted by Gasteiger charge is 2.25. The lowest BCUT2D eigenvalue weighted by Gasteiger charge is -2.10. The molecule has 0 atom stereocenters. The lowest BCUT2D eigenvalue weighted by Crippen LogP contribution is -2.26. The molecule has 0 unspecified atom stereocenters. The van der Waals surface area contributed by atoms with Crippen LogP contribution in [0.5, 0.6) is 0 Å². The number of benzene rings is 2. The number of rotatable bonds is 5. The fourth-order valence-corrected chi connectivity index (χ4v) is 2.50. The topological polar surface area (TPSA) is 55.4 Å². The first-order valence-corrected chi connectivity index (χ1v) is 8.35. The molecule has 0 aliphatic heterocycles. The maximum atomic E-state index is 12.7. The molecule has 1 aliphatic rings. The van der Waals surface area contributed by atoms with Crippen molar-refractivity contribution < 1.29 is 14.3 Å². The van der Waals surface area contributed by atoms with E-state index in [0.29, 0.717) is 17.2 Å². The molecule has 0 heterocycles. The Labute approximate surface area is 147 Å². The number of methoxy groups -OCH3 is 1. The number of hydrogen-bond donors (Lipinski definition) is 1. The number of nitrogens with one attached hydrogen (secondary N) is 1. The van der Waals surface area contributed by atoms with Crippen molar-refractivity contribution >= 4 is 23.5 Å². The smallest absolute Gasteiger partial charge is 0.337 e. The van der Waals surface area contributed by atoms with Gasteiger partial charge in [0.25, 0.3) is 5.91 Å². The monoisotopic (exact) mass is 335 g/mol. The van der Waals surface area contributed by atoms with Crippen LogP contribution in [0.3, 0.4) is 0 Å². The third-order valence-electron chi connectivity index (χ3n) is 4.16. The van der Waals surface area contributed by atoms with Crippen LogP contribution in [-0.2, 0) is 9.53 Å². The highest BCUT2D eigenvalue weighted by molar-refractivity contribution is 6.24. The second-order valence-corrected chi connectivity index (χ2v) is 6.29. The van der Waals surface area contributed by atoms with Gasteiger partial charge in [0.05, 0.1) is 12.7 Å². The minimum absolute atomic E-state index is 0.0663. The molecule has 25 heavy (non-hydrogen) atoms. The number of ether oxygens (including phenoxy) is 1. The Kier molecular flexibility index (Phi) is 4.98. The van der Waals surface area contributed by atoms with E-state index in [2.05, 4.69) is 5.32 Å². The van der Waals surface area contributed by atoms with Gasteiger partial charge in [0.2, 0.25) is 0 Å². The molecule has 3 rings (SSSR count). The summed E-state index contributed by atoms with van der Waals surface area (Å²) in [5, 5.41) is 3.04. The van der Waals surface area contributed by atoms with Crippen LogP contribution in [-0.4, -0.2) is 25.0 Å². The van der Waals surface area contributed by atoms with Crippen molar-refractivity contribution in [2.75, 3.05) is 7.11 Å². The predicted molar refractivity (Wildman–Crippen MR) is 98.0 cm³/mol. The van der Waals surface area contributed by atoms with E-state index in [1.54, 1.807) is 12.1 Å². The van der Waals surface area contributed by atoms with Gasteiger partial charge in [0.15, 0.2) is 0 Å². The van der Waals surface area contributed by atoms with E-state index in [-0.39, 0.29) is 11.9 Å². The largest absolute Gasteiger partial charge is 0.465 e. The third kappa shape index (κ3) is 4.35. The second-order valence-electron chi connectivity index (χ2n) is 6.29. The summed E-state index contributed by atoms with van der Waals surface area (Å²) in [6.45, 7) is 2.02. The van der Waals surface area contributed by atoms with Gasteiger partial charge in [0.1, 0.15) is 0 Å². The quantitative estimate of drug-likeness (QED) is 0.516. The van der Waals surface area contributed by atoms with E-state index in [1.165, 1.54) is 7.11 Å². The van der Waals surface area contributed by atoms with Crippen LogP contribution in [0, 0.1) is 6.92 Å². The van der Waals surface area contributed by atoms with E-state index >= 15 is 0 Å². The van der Waals surface area contributed by atoms with Gasteiger partial charge in [-0.3, -0.25) is 4.79 Å². The van der Waals surface area contributed by atoms with Gasteiger partial charge in [-0.2, -0.15) is 0 Å². The number of carbonyl (C=O) groups is 2. The molecule has 0 spiro atoms. The van der Waals surface area contributed by atoms with Crippen molar-refractivity contribution in [1.82, 2.24) is 5.32 Å². The normalized spacial score (nSPS) is 14.1. The van der Waals surface area contributed by atoms with Crippen LogP contribution in [0.1, 0.15) is 39.9 Å². The fraction of sp³-hybridized carbons (Fsp3) is 0.238. The molecular weight excluding hydrogens is 314 g/mol. The van der Waals surface area contributed by atoms with Crippen molar-refractivity contribution in [2.45, 2.75) is 25.8 Å². The van der Waals surface area contributed by atoms with Crippen LogP contribution in [0.15, 0.2) is 48.5 Å². The molecule has 1 N–H and O–H groups in total. The molecule has 1 amide bonds. The van der Waals surface area contributed by atoms with E-state index in [9.17, 15) is 9.59 Å². The summed E-state index contributed by atoms with van der Waals surface area (Å²) in [6.07, 6.45) is 3.94. The lowest BCUT2D eigenvalue weighted by atomic mass is 10.00. The number of esters is 1. The Balaban J connectivity index is 1.92. The Morgan fingerprint density at radius 3 is 2.16 bits per heavy atom. The lowest BCUT2D eigenvalue weighted by molar-refractivity contribution is -0.115. The molecule has 1 aliphatic carbocycles. The predicted octanol–water partition coefficient (Wildman–Crippen LogP) is 3.60. The Bertz CT molecular complexity index is 800. The summed E-state index contributed by atoms with van der Waals surface area (Å²) in [5.41, 5.74) is 3.99. The van der Waals surface area contributed by atoms with Crippen molar-refractivity contribution in [3.8, 4) is 0 Å². The van der Waals surface area contributed by atoms with E-state index in [4.69, 9.17) is 4.74 Å². The summed E-state index contributed by atoms with van der Waals surface area (Å²) in [5.74, 6) is -0.441. The molecule has 0 aromatic heterocycles. The molecule has 128 valence electrons. The summed E-state index contributed by atoms with van der Waals surface area (Å²) >= 11 is 0. The van der Waals surface area contributed by atoms with Crippen LogP contribution < -0.4 is 5.32 Å². The molecule has 2 aromatic rings. The van der Waals surface area contributed by atoms with Gasteiger partial charge < -0.3 is 10.1 Å². The molecule has 4 nitrogen and oxygen atoms in total. The Hall–Kier alpha value is -2.88. The average molecular weight is 335 g/mol. The van der Waals surface area contributed by atoms with Crippen molar-refractivity contribution in [3.05, 3.63) is 70.8 Å². The molecular formula is C21H21NO3. The number of aryl methyl sites for hydroxylation is 1. The van der Waals surface area contributed by atoms with Gasteiger partial charge in [-0.1, -0.05) is 42.0 Å². The van der Waals surface area contributed by atoms with Crippen LogP contribution in [0.2, 0.25) is 0 Å². The van der Waals surface area contributed by atoms with Crippen molar-refractivity contribution in [2.24, 2.45) is 0 Å². The molecule has 0 saturated heterocycles. The molecule has 0 radical (unpaired) electrons. The van der Waals surface area contributed by atoms with E-state index in [1.807, 2.05) is 49.4 Å². The number of hydrogen-bond acceptors (Lipinski definition) is 3. The van der Waals surface area contributed by atoms with Crippen LogP contribution >= 0.6 is 0 Å². The minimum atomic E-state index is -0.374. The molecule has 0 bridgehead atoms. The van der Waals surface area contributed by atoms with Gasteiger partial charge in [0, 0.05) is 11.6 Å². The maximum absolute atomic E-state index is 12.7. The maximum Gasteiger partial charge on any atom is 0.337 e. The second kappa shape index (κ2) is 7.34. The van der Waals surface area contributed by atoms with Crippen LogP contribution in [0.4, 0.5) is 0 Å². The van der Waals surface area contributed by atoms with Gasteiger partial charge >= 0.3 is 5.97 Å². The zero-order valence-corrected chi connectivity index (χ0v) is 14.4. The van der Waals surface area contributed by atoms with Crippen molar-refractivity contribution in [3.63, 3.8) is 0 Å². The van der Waals surface area contributed by atoms with Gasteiger partial charge in [-0.05, 0) is 49.1 Å². The summed E-state index contributed by atoms with van der Waals surface area (Å²) in [6, 6.07) is 15.2. The SMILES string of the molecule is COC(=O)c1ccc(/C=C(/C(=O)NC2CC2)c2ccc(C)cc2)cc1. The number of carbonyl (C=O) groups excluding carboxylic acids is 2. The van der Waals surface area contributed by atoms with Gasteiger partial charge in [-0.15, -0.1) is 0 Å². The van der Waals surface area contributed by atoms with Gasteiger partial charge in [-0.25, -0.2) is 4.79 Å².